The number of carbonyl (C=O) groups is 1. The standard InChI is InChI=1S/C35H34ClN5O3S2/c1-20-31-27-12-7-11-25-26(33(35(42)43)39(2)32(25)27)13-8-14-44-30-17-23(15-21-9-5-6-10-24(21)30)46-34(36)29-16-22(37-41(29)4)18-45-19-28(31)38-40(20)3/h5-7,9-12,15-17,34H,8,13-14,18-19H2,1-4H3,(H,42,43). The first-order chi connectivity index (χ1) is 22.2. The fourth-order valence-electron chi connectivity index (χ4n) is 6.57. The van der Waals surface area contributed by atoms with Crippen LogP contribution in [-0.2, 0) is 39.1 Å². The number of alkyl halides is 1. The molecule has 3 aromatic carbocycles. The molecule has 4 heterocycles. The number of aromatic carboxylic acids is 1. The maximum absolute atomic E-state index is 12.7. The second kappa shape index (κ2) is 12.4. The molecule has 0 saturated carbocycles. The van der Waals surface area contributed by atoms with Gasteiger partial charge in [-0.3, -0.25) is 9.36 Å². The number of fused-ring (bicyclic) bond motifs is 8. The van der Waals surface area contributed by atoms with Gasteiger partial charge in [0.25, 0.3) is 0 Å². The van der Waals surface area contributed by atoms with E-state index in [1.54, 1.807) is 23.5 Å². The summed E-state index contributed by atoms with van der Waals surface area (Å²) in [5.74, 6) is 1.23. The lowest BCUT2D eigenvalue weighted by Crippen LogP contribution is -2.09. The molecule has 0 fully saturated rings. The largest absolute Gasteiger partial charge is 0.493 e. The lowest BCUT2D eigenvalue weighted by atomic mass is 9.98. The predicted octanol–water partition coefficient (Wildman–Crippen LogP) is 8.26. The van der Waals surface area contributed by atoms with Gasteiger partial charge in [0.2, 0.25) is 0 Å². The topological polar surface area (TPSA) is 87.1 Å². The van der Waals surface area contributed by atoms with Crippen LogP contribution < -0.4 is 4.74 Å². The van der Waals surface area contributed by atoms with E-state index in [9.17, 15) is 9.90 Å². The number of carboxylic acids is 1. The lowest BCUT2D eigenvalue weighted by Gasteiger charge is -2.14. The van der Waals surface area contributed by atoms with Crippen molar-refractivity contribution in [1.82, 2.24) is 24.1 Å². The third-order valence-corrected chi connectivity index (χ3v) is 11.2. The molecule has 0 spiro atoms. The first-order valence-corrected chi connectivity index (χ1v) is 17.6. The predicted molar refractivity (Wildman–Crippen MR) is 187 cm³/mol. The van der Waals surface area contributed by atoms with Crippen molar-refractivity contribution in [2.24, 2.45) is 21.1 Å². The van der Waals surface area contributed by atoms with E-state index in [1.165, 1.54) is 0 Å². The number of benzene rings is 3. The van der Waals surface area contributed by atoms with Gasteiger partial charge in [-0.2, -0.15) is 10.2 Å². The van der Waals surface area contributed by atoms with Gasteiger partial charge < -0.3 is 14.4 Å². The number of hydrogen-bond acceptors (Lipinski definition) is 6. The summed E-state index contributed by atoms with van der Waals surface area (Å²) in [7, 11) is 5.75. The Morgan fingerprint density at radius 1 is 1.00 bits per heavy atom. The van der Waals surface area contributed by atoms with Crippen molar-refractivity contribution in [1.29, 1.82) is 0 Å². The average molecular weight is 672 g/mol. The molecule has 7 rings (SSSR count). The fourth-order valence-corrected chi connectivity index (χ4v) is 8.88. The van der Waals surface area contributed by atoms with Crippen LogP contribution in [-0.4, -0.2) is 41.8 Å². The molecule has 6 aromatic rings. The Bertz CT molecular complexity index is 2130. The van der Waals surface area contributed by atoms with Crippen LogP contribution in [0, 0.1) is 6.92 Å². The summed E-state index contributed by atoms with van der Waals surface area (Å²) in [6, 6.07) is 20.6. The summed E-state index contributed by atoms with van der Waals surface area (Å²) in [6.45, 7) is 2.50. The van der Waals surface area contributed by atoms with Crippen LogP contribution in [0.1, 0.15) is 50.0 Å². The van der Waals surface area contributed by atoms with Crippen LogP contribution in [0.4, 0.5) is 0 Å². The van der Waals surface area contributed by atoms with Crippen molar-refractivity contribution in [2.75, 3.05) is 6.61 Å². The number of halogens is 1. The molecule has 3 aromatic heterocycles. The van der Waals surface area contributed by atoms with E-state index in [-0.39, 0.29) is 4.71 Å². The molecule has 1 unspecified atom stereocenters. The molecular formula is C35H34ClN5O3S2. The molecule has 46 heavy (non-hydrogen) atoms. The van der Waals surface area contributed by atoms with E-state index in [4.69, 9.17) is 26.5 Å². The molecule has 8 nitrogen and oxygen atoms in total. The summed E-state index contributed by atoms with van der Waals surface area (Å²) in [4.78, 5) is 13.7. The highest BCUT2D eigenvalue weighted by molar-refractivity contribution is 8.00. The Morgan fingerprint density at radius 2 is 1.80 bits per heavy atom. The van der Waals surface area contributed by atoms with Crippen molar-refractivity contribution >= 4 is 62.8 Å². The highest BCUT2D eigenvalue weighted by Gasteiger charge is 2.26. The van der Waals surface area contributed by atoms with Gasteiger partial charge in [0, 0.05) is 65.1 Å². The quantitative estimate of drug-likeness (QED) is 0.176. The molecule has 0 saturated heterocycles. The number of ether oxygens (including phenoxy) is 1. The molecule has 0 radical (unpaired) electrons. The number of rotatable bonds is 1. The van der Waals surface area contributed by atoms with Crippen LogP contribution >= 0.6 is 35.1 Å². The first kappa shape index (κ1) is 30.8. The first-order valence-electron chi connectivity index (χ1n) is 15.1. The van der Waals surface area contributed by atoms with Gasteiger partial charge in [-0.25, -0.2) is 4.79 Å². The van der Waals surface area contributed by atoms with Crippen LogP contribution in [0.3, 0.4) is 0 Å². The SMILES string of the molecule is Cc1c2c(nn1C)CSCc1cc(n(C)n1)C(Cl)Sc1cc(c3ccccc3c1)OCCCc1c(C(=O)O)n(C)c3c-2cccc13. The van der Waals surface area contributed by atoms with Gasteiger partial charge in [-0.05, 0) is 48.9 Å². The van der Waals surface area contributed by atoms with Gasteiger partial charge in [0.1, 0.15) is 16.2 Å². The monoisotopic (exact) mass is 671 g/mol. The van der Waals surface area contributed by atoms with Gasteiger partial charge in [0.15, 0.2) is 0 Å². The molecule has 1 N–H and O–H groups in total. The zero-order valence-electron chi connectivity index (χ0n) is 26.1. The van der Waals surface area contributed by atoms with Gasteiger partial charge in [-0.1, -0.05) is 54.2 Å². The summed E-state index contributed by atoms with van der Waals surface area (Å²) < 4.78 is 11.7. The van der Waals surface area contributed by atoms with Crippen molar-refractivity contribution < 1.29 is 14.6 Å². The highest BCUT2D eigenvalue weighted by Crippen LogP contribution is 2.43. The molecule has 11 heteroatoms. The molecule has 0 aliphatic carbocycles. The number of para-hydroxylation sites is 1. The molecule has 1 aliphatic rings. The molecule has 236 valence electrons. The minimum absolute atomic E-state index is 0.310. The zero-order chi connectivity index (χ0) is 32.1. The number of aromatic nitrogens is 5. The number of carboxylic acid groups (broad SMARTS) is 1. The molecule has 1 atom stereocenters. The van der Waals surface area contributed by atoms with Crippen molar-refractivity contribution in [2.45, 2.75) is 40.9 Å². The Labute approximate surface area is 280 Å². The molecule has 0 amide bonds. The Morgan fingerprint density at radius 3 is 2.63 bits per heavy atom. The number of hydrogen-bond donors (Lipinski definition) is 1. The fraction of sp³-hybridized carbons (Fsp3) is 0.286. The van der Waals surface area contributed by atoms with Gasteiger partial charge >= 0.3 is 5.97 Å². The lowest BCUT2D eigenvalue weighted by molar-refractivity contribution is 0.0685. The van der Waals surface area contributed by atoms with E-state index in [0.717, 1.165) is 71.8 Å². The van der Waals surface area contributed by atoms with Crippen molar-refractivity contribution in [3.8, 4) is 16.9 Å². The maximum atomic E-state index is 12.7. The normalized spacial score (nSPS) is 15.9. The van der Waals surface area contributed by atoms with Crippen molar-refractivity contribution in [3.63, 3.8) is 0 Å². The van der Waals surface area contributed by atoms with Crippen LogP contribution in [0.15, 0.2) is 65.6 Å². The number of thioether (sulfide) groups is 2. The Kier molecular flexibility index (Phi) is 8.29. The molecule has 8 bridgehead atoms. The number of aryl methyl sites for hydroxylation is 4. The molecular weight excluding hydrogens is 638 g/mol. The van der Waals surface area contributed by atoms with E-state index in [0.29, 0.717) is 36.6 Å². The average Bonchev–Trinajstić information content (AvgIpc) is 3.64. The third-order valence-electron chi connectivity index (χ3n) is 8.75. The minimum Gasteiger partial charge on any atom is -0.493 e. The Balaban J connectivity index is 1.35. The minimum atomic E-state index is -0.935. The smallest absolute Gasteiger partial charge is 0.352 e. The third kappa shape index (κ3) is 5.46. The number of nitrogens with zero attached hydrogens (tertiary/aromatic N) is 5. The van der Waals surface area contributed by atoms with Crippen LogP contribution in [0.2, 0.25) is 0 Å². The van der Waals surface area contributed by atoms with Gasteiger partial charge in [-0.15, -0.1) is 23.4 Å². The summed E-state index contributed by atoms with van der Waals surface area (Å²) >= 11 is 10.3. The van der Waals surface area contributed by atoms with E-state index >= 15 is 0 Å². The van der Waals surface area contributed by atoms with Crippen LogP contribution in [0.5, 0.6) is 5.75 Å². The van der Waals surface area contributed by atoms with Gasteiger partial charge in [0.05, 0.1) is 29.2 Å². The maximum Gasteiger partial charge on any atom is 0.352 e. The molecule has 1 aliphatic heterocycles. The summed E-state index contributed by atoms with van der Waals surface area (Å²) in [5, 5.41) is 23.1. The van der Waals surface area contributed by atoms with Crippen molar-refractivity contribution in [3.05, 3.63) is 94.7 Å². The summed E-state index contributed by atoms with van der Waals surface area (Å²) in [6.07, 6.45) is 1.22. The highest BCUT2D eigenvalue weighted by atomic mass is 35.5. The Hall–Kier alpha value is -3.86. The second-order valence-corrected chi connectivity index (χ2v) is 14.5. The van der Waals surface area contributed by atoms with E-state index < -0.39 is 5.97 Å². The summed E-state index contributed by atoms with van der Waals surface area (Å²) in [5.41, 5.74) is 7.97. The zero-order valence-corrected chi connectivity index (χ0v) is 28.5. The van der Waals surface area contributed by atoms with E-state index in [2.05, 4.69) is 43.3 Å². The van der Waals surface area contributed by atoms with E-state index in [1.807, 2.05) is 59.3 Å². The second-order valence-electron chi connectivity index (χ2n) is 11.6. The van der Waals surface area contributed by atoms with Crippen LogP contribution in [0.25, 0.3) is 32.8 Å².